The number of aryl methyl sites for hydroxylation is 1. The molecule has 0 aliphatic heterocycles. The number of nitrogens with one attached hydrogen (secondary N) is 1. The van der Waals surface area contributed by atoms with Crippen molar-refractivity contribution in [2.24, 2.45) is 5.92 Å². The molecule has 0 aliphatic carbocycles. The Morgan fingerprint density at radius 1 is 1.29 bits per heavy atom. The molecule has 0 aliphatic rings. The molecular weight excluding hydrogens is 217 g/mol. The van der Waals surface area contributed by atoms with Gasteiger partial charge in [-0.15, -0.1) is 0 Å². The molecule has 0 saturated heterocycles. The Hall–Kier alpha value is -1.09. The smallest absolute Gasteiger partial charge is 0.126 e. The third kappa shape index (κ3) is 3.70. The Labute approximate surface area is 103 Å². The van der Waals surface area contributed by atoms with E-state index in [4.69, 9.17) is 4.74 Å². The molecule has 0 fully saturated rings. The van der Waals surface area contributed by atoms with Crippen molar-refractivity contribution in [3.8, 4) is 5.75 Å². The van der Waals surface area contributed by atoms with Gasteiger partial charge in [-0.05, 0) is 44.5 Å². The standard InChI is InChI=1S/C14H22FNO/c1-9(2)8-17-14-6-10(3)13(15)7-12(14)11(4)16-5/h6-7,9,11,16H,8H2,1-5H3. The first kappa shape index (κ1) is 14.0. The van der Waals surface area contributed by atoms with E-state index >= 15 is 0 Å². The normalized spacial score (nSPS) is 12.9. The van der Waals surface area contributed by atoms with Crippen LogP contribution in [0.3, 0.4) is 0 Å². The van der Waals surface area contributed by atoms with Gasteiger partial charge in [-0.25, -0.2) is 4.39 Å². The summed E-state index contributed by atoms with van der Waals surface area (Å²) < 4.78 is 19.3. The first-order valence-corrected chi connectivity index (χ1v) is 6.05. The highest BCUT2D eigenvalue weighted by Gasteiger charge is 2.13. The van der Waals surface area contributed by atoms with E-state index in [-0.39, 0.29) is 11.9 Å². The monoisotopic (exact) mass is 239 g/mol. The van der Waals surface area contributed by atoms with Crippen LogP contribution < -0.4 is 10.1 Å². The zero-order valence-corrected chi connectivity index (χ0v) is 11.3. The van der Waals surface area contributed by atoms with Gasteiger partial charge in [0.2, 0.25) is 0 Å². The molecule has 96 valence electrons. The van der Waals surface area contributed by atoms with Crippen molar-refractivity contribution < 1.29 is 9.13 Å². The quantitative estimate of drug-likeness (QED) is 0.849. The number of ether oxygens (including phenoxy) is 1. The summed E-state index contributed by atoms with van der Waals surface area (Å²) in [6.07, 6.45) is 0. The lowest BCUT2D eigenvalue weighted by molar-refractivity contribution is 0.266. The van der Waals surface area contributed by atoms with Crippen LogP contribution in [-0.4, -0.2) is 13.7 Å². The second-order valence-electron chi connectivity index (χ2n) is 4.85. The van der Waals surface area contributed by atoms with E-state index in [1.54, 1.807) is 19.1 Å². The van der Waals surface area contributed by atoms with Crippen LogP contribution in [0.1, 0.15) is 37.9 Å². The van der Waals surface area contributed by atoms with Crippen LogP contribution in [0.15, 0.2) is 12.1 Å². The van der Waals surface area contributed by atoms with Crippen molar-refractivity contribution >= 4 is 0 Å². The number of benzene rings is 1. The average molecular weight is 239 g/mol. The highest BCUT2D eigenvalue weighted by atomic mass is 19.1. The zero-order chi connectivity index (χ0) is 13.0. The van der Waals surface area contributed by atoms with Crippen molar-refractivity contribution in [3.05, 3.63) is 29.1 Å². The van der Waals surface area contributed by atoms with Gasteiger partial charge < -0.3 is 10.1 Å². The molecule has 1 unspecified atom stereocenters. The molecule has 3 heteroatoms. The number of halogens is 1. The Bertz CT molecular complexity index is 377. The minimum Gasteiger partial charge on any atom is -0.493 e. The summed E-state index contributed by atoms with van der Waals surface area (Å²) in [7, 11) is 1.86. The van der Waals surface area contributed by atoms with E-state index in [9.17, 15) is 4.39 Å². The van der Waals surface area contributed by atoms with Crippen LogP contribution >= 0.6 is 0 Å². The number of hydrogen-bond acceptors (Lipinski definition) is 2. The van der Waals surface area contributed by atoms with Crippen LogP contribution in [0.25, 0.3) is 0 Å². The molecule has 0 amide bonds. The maximum atomic E-state index is 13.6. The van der Waals surface area contributed by atoms with Gasteiger partial charge in [0.1, 0.15) is 11.6 Å². The van der Waals surface area contributed by atoms with E-state index in [0.717, 1.165) is 11.3 Å². The SMILES string of the molecule is CNC(C)c1cc(F)c(C)cc1OCC(C)C. The molecule has 1 atom stereocenters. The fraction of sp³-hybridized carbons (Fsp3) is 0.571. The summed E-state index contributed by atoms with van der Waals surface area (Å²) in [6, 6.07) is 3.42. The molecule has 1 aromatic rings. The van der Waals surface area contributed by atoms with Crippen molar-refractivity contribution in [2.75, 3.05) is 13.7 Å². The molecule has 1 N–H and O–H groups in total. The van der Waals surface area contributed by atoms with Crippen LogP contribution in [-0.2, 0) is 0 Å². The van der Waals surface area contributed by atoms with Gasteiger partial charge in [0.25, 0.3) is 0 Å². The maximum absolute atomic E-state index is 13.6. The van der Waals surface area contributed by atoms with E-state index < -0.39 is 0 Å². The lowest BCUT2D eigenvalue weighted by atomic mass is 10.0. The van der Waals surface area contributed by atoms with E-state index in [1.807, 2.05) is 14.0 Å². The van der Waals surface area contributed by atoms with Gasteiger partial charge in [0.05, 0.1) is 6.61 Å². The van der Waals surface area contributed by atoms with Crippen LogP contribution in [0, 0.1) is 18.7 Å². The first-order chi connectivity index (χ1) is 7.95. The summed E-state index contributed by atoms with van der Waals surface area (Å²) in [4.78, 5) is 0. The number of rotatable bonds is 5. The molecule has 0 saturated carbocycles. The molecule has 0 bridgehead atoms. The summed E-state index contributed by atoms with van der Waals surface area (Å²) in [5.41, 5.74) is 1.49. The zero-order valence-electron chi connectivity index (χ0n) is 11.3. The van der Waals surface area contributed by atoms with Crippen LogP contribution in [0.2, 0.25) is 0 Å². The predicted molar refractivity (Wildman–Crippen MR) is 68.9 cm³/mol. The van der Waals surface area contributed by atoms with Gasteiger partial charge >= 0.3 is 0 Å². The largest absolute Gasteiger partial charge is 0.493 e. The van der Waals surface area contributed by atoms with Gasteiger partial charge in [-0.2, -0.15) is 0 Å². The third-order valence-electron chi connectivity index (χ3n) is 2.76. The van der Waals surface area contributed by atoms with Crippen LogP contribution in [0.4, 0.5) is 4.39 Å². The maximum Gasteiger partial charge on any atom is 0.126 e. The predicted octanol–water partition coefficient (Wildman–Crippen LogP) is 3.45. The molecule has 0 aromatic heterocycles. The fourth-order valence-electron chi connectivity index (χ4n) is 1.55. The molecule has 0 heterocycles. The minimum atomic E-state index is -0.181. The lowest BCUT2D eigenvalue weighted by Crippen LogP contribution is -2.15. The Kier molecular flexibility index (Phi) is 4.94. The summed E-state index contributed by atoms with van der Waals surface area (Å²) in [6.45, 7) is 8.58. The van der Waals surface area contributed by atoms with Crippen LogP contribution in [0.5, 0.6) is 5.75 Å². The second-order valence-corrected chi connectivity index (χ2v) is 4.85. The Balaban J connectivity index is 3.03. The molecule has 1 aromatic carbocycles. The summed E-state index contributed by atoms with van der Waals surface area (Å²) in [5, 5.41) is 3.11. The minimum absolute atomic E-state index is 0.0762. The fourth-order valence-corrected chi connectivity index (χ4v) is 1.55. The molecule has 0 spiro atoms. The van der Waals surface area contributed by atoms with Crippen molar-refractivity contribution in [1.82, 2.24) is 5.32 Å². The Morgan fingerprint density at radius 3 is 2.47 bits per heavy atom. The molecule has 1 rings (SSSR count). The van der Waals surface area contributed by atoms with Gasteiger partial charge in [0, 0.05) is 11.6 Å². The van der Waals surface area contributed by atoms with E-state index in [0.29, 0.717) is 18.1 Å². The van der Waals surface area contributed by atoms with Crippen molar-refractivity contribution in [2.45, 2.75) is 33.7 Å². The molecule has 17 heavy (non-hydrogen) atoms. The number of hydrogen-bond donors (Lipinski definition) is 1. The van der Waals surface area contributed by atoms with E-state index in [2.05, 4.69) is 19.2 Å². The summed E-state index contributed by atoms with van der Waals surface area (Å²) in [5.74, 6) is 1.05. The first-order valence-electron chi connectivity index (χ1n) is 6.05. The Morgan fingerprint density at radius 2 is 1.94 bits per heavy atom. The van der Waals surface area contributed by atoms with Crippen molar-refractivity contribution in [3.63, 3.8) is 0 Å². The molecule has 2 nitrogen and oxygen atoms in total. The average Bonchev–Trinajstić information content (AvgIpc) is 2.29. The highest BCUT2D eigenvalue weighted by Crippen LogP contribution is 2.28. The van der Waals surface area contributed by atoms with Crippen molar-refractivity contribution in [1.29, 1.82) is 0 Å². The highest BCUT2D eigenvalue weighted by molar-refractivity contribution is 5.40. The summed E-state index contributed by atoms with van der Waals surface area (Å²) >= 11 is 0. The van der Waals surface area contributed by atoms with Gasteiger partial charge in [-0.3, -0.25) is 0 Å². The molecular formula is C14H22FNO. The lowest BCUT2D eigenvalue weighted by Gasteiger charge is -2.18. The van der Waals surface area contributed by atoms with E-state index in [1.165, 1.54) is 0 Å². The second kappa shape index (κ2) is 6.01. The van der Waals surface area contributed by atoms with Gasteiger partial charge in [0.15, 0.2) is 0 Å². The topological polar surface area (TPSA) is 21.3 Å². The third-order valence-corrected chi connectivity index (χ3v) is 2.76. The molecule has 0 radical (unpaired) electrons. The van der Waals surface area contributed by atoms with Gasteiger partial charge in [-0.1, -0.05) is 13.8 Å².